The van der Waals surface area contributed by atoms with Gasteiger partial charge < -0.3 is 0 Å². The van der Waals surface area contributed by atoms with Gasteiger partial charge in [0, 0.05) is 0 Å². The molecule has 104 valence electrons. The van der Waals surface area contributed by atoms with Crippen LogP contribution < -0.4 is 20.9 Å². The molecule has 0 aliphatic heterocycles. The van der Waals surface area contributed by atoms with Crippen molar-refractivity contribution in [3.05, 3.63) is 105 Å². The smallest absolute Gasteiger partial charge is 0.00992 e. The molecule has 0 heterocycles. The van der Waals surface area contributed by atoms with Gasteiger partial charge in [-0.15, -0.1) is 0 Å². The molecule has 0 unspecified atom stereocenters. The lowest BCUT2D eigenvalue weighted by molar-refractivity contribution is 1.46. The van der Waals surface area contributed by atoms with Crippen LogP contribution in [0.1, 0.15) is 5.56 Å². The van der Waals surface area contributed by atoms with E-state index in [0.29, 0.717) is 0 Å². The fourth-order valence-corrected chi connectivity index (χ4v) is 2.95. The molecule has 3 aromatic carbocycles. The first-order valence-electron chi connectivity index (χ1n) is 7.55. The van der Waals surface area contributed by atoms with Crippen molar-refractivity contribution in [2.75, 3.05) is 0 Å². The SMILES string of the molecule is C1=c2/cccc/c2=C/C(c2ccccc2)=c2/cccc/c2=C/1. The third-order valence-corrected chi connectivity index (χ3v) is 4.07. The molecule has 1 aliphatic carbocycles. The van der Waals surface area contributed by atoms with Crippen LogP contribution >= 0.6 is 0 Å². The van der Waals surface area contributed by atoms with Crippen molar-refractivity contribution in [1.82, 2.24) is 0 Å². The van der Waals surface area contributed by atoms with E-state index in [-0.39, 0.29) is 0 Å². The second-order valence-electron chi connectivity index (χ2n) is 5.47. The Balaban J connectivity index is 2.20. The van der Waals surface area contributed by atoms with E-state index in [0.717, 1.165) is 0 Å². The van der Waals surface area contributed by atoms with Crippen molar-refractivity contribution in [3.63, 3.8) is 0 Å². The molecule has 0 saturated heterocycles. The maximum Gasteiger partial charge on any atom is -0.00992 e. The molecule has 0 nitrogen and oxygen atoms in total. The molecule has 0 aromatic heterocycles. The second kappa shape index (κ2) is 5.50. The molecule has 0 radical (unpaired) electrons. The monoisotopic (exact) mass is 280 g/mol. The minimum Gasteiger partial charge on any atom is -0.0622 e. The van der Waals surface area contributed by atoms with Crippen LogP contribution in [0, 0.1) is 0 Å². The van der Waals surface area contributed by atoms with Gasteiger partial charge in [0.25, 0.3) is 0 Å². The Bertz CT molecular complexity index is 1050. The Labute approximate surface area is 129 Å². The van der Waals surface area contributed by atoms with Gasteiger partial charge in [0.05, 0.1) is 0 Å². The van der Waals surface area contributed by atoms with Gasteiger partial charge in [-0.25, -0.2) is 0 Å². The fourth-order valence-electron chi connectivity index (χ4n) is 2.95. The molecular weight excluding hydrogens is 264 g/mol. The van der Waals surface area contributed by atoms with E-state index in [1.807, 2.05) is 0 Å². The quantitative estimate of drug-likeness (QED) is 0.639. The van der Waals surface area contributed by atoms with Crippen molar-refractivity contribution in [3.8, 4) is 0 Å². The molecule has 0 heteroatoms. The van der Waals surface area contributed by atoms with Crippen molar-refractivity contribution < 1.29 is 0 Å². The summed E-state index contributed by atoms with van der Waals surface area (Å²) in [5.74, 6) is 0. The Morgan fingerprint density at radius 2 is 1.05 bits per heavy atom. The minimum atomic E-state index is 1.25. The summed E-state index contributed by atoms with van der Waals surface area (Å²) in [5, 5.41) is 5.05. The average molecular weight is 280 g/mol. The van der Waals surface area contributed by atoms with Crippen LogP contribution in [0.25, 0.3) is 23.8 Å². The van der Waals surface area contributed by atoms with Gasteiger partial charge in [-0.1, -0.05) is 91.0 Å². The van der Waals surface area contributed by atoms with Gasteiger partial charge in [-0.3, -0.25) is 0 Å². The van der Waals surface area contributed by atoms with Gasteiger partial charge in [0.1, 0.15) is 0 Å². The van der Waals surface area contributed by atoms with E-state index in [9.17, 15) is 0 Å². The summed E-state index contributed by atoms with van der Waals surface area (Å²) in [7, 11) is 0. The molecule has 0 fully saturated rings. The van der Waals surface area contributed by atoms with Crippen LogP contribution in [0.2, 0.25) is 0 Å². The van der Waals surface area contributed by atoms with Crippen molar-refractivity contribution in [2.24, 2.45) is 0 Å². The van der Waals surface area contributed by atoms with Crippen LogP contribution in [0.15, 0.2) is 78.9 Å². The highest BCUT2D eigenvalue weighted by Crippen LogP contribution is 2.11. The van der Waals surface area contributed by atoms with Crippen LogP contribution in [0.5, 0.6) is 0 Å². The van der Waals surface area contributed by atoms with Gasteiger partial charge in [-0.2, -0.15) is 0 Å². The lowest BCUT2D eigenvalue weighted by Crippen LogP contribution is -2.31. The molecule has 0 saturated carbocycles. The number of fused-ring (bicyclic) bond motifs is 2. The van der Waals surface area contributed by atoms with Crippen molar-refractivity contribution in [1.29, 1.82) is 0 Å². The Morgan fingerprint density at radius 1 is 0.455 bits per heavy atom. The van der Waals surface area contributed by atoms with E-state index in [1.54, 1.807) is 0 Å². The fraction of sp³-hybridized carbons (Fsp3) is 0. The van der Waals surface area contributed by atoms with E-state index in [2.05, 4.69) is 97.1 Å². The molecule has 0 amide bonds. The normalized spacial score (nSPS) is 19.7. The molecule has 22 heavy (non-hydrogen) atoms. The summed E-state index contributed by atoms with van der Waals surface area (Å²) in [4.78, 5) is 0. The highest BCUT2D eigenvalue weighted by molar-refractivity contribution is 5.88. The molecule has 3 aromatic rings. The highest BCUT2D eigenvalue weighted by atomic mass is 14.1. The van der Waals surface area contributed by atoms with Crippen molar-refractivity contribution in [2.45, 2.75) is 0 Å². The average Bonchev–Trinajstić information content (AvgIpc) is 2.58. The zero-order valence-corrected chi connectivity index (χ0v) is 12.2. The van der Waals surface area contributed by atoms with Gasteiger partial charge in [0.2, 0.25) is 0 Å². The Kier molecular flexibility index (Phi) is 3.21. The van der Waals surface area contributed by atoms with Crippen LogP contribution in [-0.4, -0.2) is 0 Å². The first-order chi connectivity index (χ1) is 10.9. The second-order valence-corrected chi connectivity index (χ2v) is 5.47. The number of rotatable bonds is 1. The maximum absolute atomic E-state index is 2.30. The van der Waals surface area contributed by atoms with Crippen molar-refractivity contribution >= 4 is 23.8 Å². The molecule has 4 rings (SSSR count). The molecule has 0 bridgehead atoms. The van der Waals surface area contributed by atoms with Crippen LogP contribution in [-0.2, 0) is 0 Å². The minimum absolute atomic E-state index is 1.25. The third kappa shape index (κ3) is 2.29. The summed E-state index contributed by atoms with van der Waals surface area (Å²) in [5.41, 5.74) is 2.52. The zero-order valence-electron chi connectivity index (χ0n) is 12.2. The summed E-state index contributed by atoms with van der Waals surface area (Å²) < 4.78 is 0. The Morgan fingerprint density at radius 3 is 1.86 bits per heavy atom. The predicted octanol–water partition coefficient (Wildman–Crippen LogP) is 1.94. The van der Waals surface area contributed by atoms with E-state index in [1.165, 1.54) is 32.0 Å². The number of hydrogen-bond donors (Lipinski definition) is 0. The van der Waals surface area contributed by atoms with Gasteiger partial charge in [-0.05, 0) is 38.1 Å². The first kappa shape index (κ1) is 12.8. The summed E-state index contributed by atoms with van der Waals surface area (Å²) in [6.45, 7) is 0. The van der Waals surface area contributed by atoms with Crippen LogP contribution in [0.3, 0.4) is 0 Å². The van der Waals surface area contributed by atoms with E-state index in [4.69, 9.17) is 0 Å². The lowest BCUT2D eigenvalue weighted by Gasteiger charge is -2.06. The van der Waals surface area contributed by atoms with Gasteiger partial charge >= 0.3 is 0 Å². The predicted molar refractivity (Wildman–Crippen MR) is 93.7 cm³/mol. The molecular formula is C22H16. The number of benzene rings is 3. The summed E-state index contributed by atoms with van der Waals surface area (Å²) >= 11 is 0. The molecule has 1 aliphatic rings. The molecule has 0 spiro atoms. The summed E-state index contributed by atoms with van der Waals surface area (Å²) in [6.07, 6.45) is 6.71. The third-order valence-electron chi connectivity index (χ3n) is 4.07. The highest BCUT2D eigenvalue weighted by Gasteiger charge is 2.01. The summed E-state index contributed by atoms with van der Waals surface area (Å²) in [6, 6.07) is 27.7. The largest absolute Gasteiger partial charge is 0.0622 e. The lowest BCUT2D eigenvalue weighted by atomic mass is 9.98. The van der Waals surface area contributed by atoms with E-state index >= 15 is 0 Å². The molecule has 0 N–H and O–H groups in total. The first-order valence-corrected chi connectivity index (χ1v) is 7.55. The standard InChI is InChI=1S/C22H16/c1-2-9-18(10-3-1)22-16-20-12-5-4-8-17(20)14-15-19-11-6-7-13-21(19)22/h1-16H/b15-14?,17-14-,19-15-,20-16-,22-16?,22-21+. The van der Waals surface area contributed by atoms with Gasteiger partial charge in [0.15, 0.2) is 0 Å². The number of hydrogen-bond acceptors (Lipinski definition) is 0. The maximum atomic E-state index is 2.30. The topological polar surface area (TPSA) is 0 Å². The molecule has 0 atom stereocenters. The van der Waals surface area contributed by atoms with E-state index < -0.39 is 0 Å². The Hall–Kier alpha value is -2.86. The zero-order chi connectivity index (χ0) is 14.8. The van der Waals surface area contributed by atoms with Crippen LogP contribution in [0.4, 0.5) is 0 Å².